The van der Waals surface area contributed by atoms with Crippen LogP contribution in [0.3, 0.4) is 0 Å². The minimum atomic E-state index is 0.468. The highest BCUT2D eigenvalue weighted by molar-refractivity contribution is 7.13. The minimum absolute atomic E-state index is 0.468. The zero-order chi connectivity index (χ0) is 13.4. The fourth-order valence-corrected chi connectivity index (χ4v) is 3.00. The third-order valence-corrected chi connectivity index (χ3v) is 4.22. The summed E-state index contributed by atoms with van der Waals surface area (Å²) >= 11 is 7.85. The molecule has 0 N–H and O–H groups in total. The summed E-state index contributed by atoms with van der Waals surface area (Å²) < 4.78 is 5.22. The van der Waals surface area contributed by atoms with Crippen LogP contribution in [0.25, 0.3) is 21.6 Å². The molecular weight excluding hydrogens is 280 g/mol. The Bertz CT molecular complexity index is 754. The van der Waals surface area contributed by atoms with Crippen molar-refractivity contribution in [2.45, 2.75) is 6.92 Å². The van der Waals surface area contributed by atoms with Crippen LogP contribution in [-0.4, -0.2) is 17.1 Å². The van der Waals surface area contributed by atoms with E-state index in [0.717, 1.165) is 27.1 Å². The average molecular weight is 291 g/mol. The Kier molecular flexibility index (Phi) is 3.12. The van der Waals surface area contributed by atoms with Crippen molar-refractivity contribution >= 4 is 33.8 Å². The number of rotatable bonds is 2. The van der Waals surface area contributed by atoms with Crippen molar-refractivity contribution in [1.29, 1.82) is 0 Å². The Labute approximate surface area is 119 Å². The maximum Gasteiger partial charge on any atom is 0.171 e. The summed E-state index contributed by atoms with van der Waals surface area (Å²) in [5.74, 6) is 1.43. The molecule has 3 nitrogen and oxygen atoms in total. The molecule has 0 radical (unpaired) electrons. The zero-order valence-electron chi connectivity index (χ0n) is 10.5. The molecule has 3 aromatic rings. The molecule has 0 saturated heterocycles. The summed E-state index contributed by atoms with van der Waals surface area (Å²) in [7, 11) is 1.63. The van der Waals surface area contributed by atoms with Gasteiger partial charge in [-0.1, -0.05) is 11.6 Å². The first-order valence-electron chi connectivity index (χ1n) is 5.75. The van der Waals surface area contributed by atoms with Gasteiger partial charge in [-0.2, -0.15) is 0 Å². The maximum absolute atomic E-state index is 6.24. The van der Waals surface area contributed by atoms with Crippen molar-refractivity contribution in [3.63, 3.8) is 0 Å². The lowest BCUT2D eigenvalue weighted by Crippen LogP contribution is -1.92. The standard InChI is InChI=1S/C14H11ClN2OS/c1-8-5-6-19-12(8)14-16-11-7-9(18-2)3-4-10(11)13(15)17-14/h3-7H,1-2H3. The van der Waals surface area contributed by atoms with Gasteiger partial charge in [-0.15, -0.1) is 11.3 Å². The Morgan fingerprint density at radius 3 is 2.74 bits per heavy atom. The molecule has 0 saturated carbocycles. The van der Waals surface area contributed by atoms with Crippen LogP contribution in [0, 0.1) is 6.92 Å². The Morgan fingerprint density at radius 1 is 1.21 bits per heavy atom. The molecule has 5 heteroatoms. The van der Waals surface area contributed by atoms with E-state index in [1.165, 1.54) is 0 Å². The fourth-order valence-electron chi connectivity index (χ4n) is 1.90. The molecule has 0 aliphatic heterocycles. The third kappa shape index (κ3) is 2.17. The first-order chi connectivity index (χ1) is 9.19. The predicted octanol–water partition coefficient (Wildman–Crippen LogP) is 4.33. The molecule has 0 aliphatic rings. The van der Waals surface area contributed by atoms with Crippen LogP contribution in [0.1, 0.15) is 5.56 Å². The molecule has 3 rings (SSSR count). The topological polar surface area (TPSA) is 35.0 Å². The summed E-state index contributed by atoms with van der Waals surface area (Å²) in [6, 6.07) is 7.65. The van der Waals surface area contributed by atoms with E-state index in [1.54, 1.807) is 18.4 Å². The number of thiophene rings is 1. The van der Waals surface area contributed by atoms with Crippen molar-refractivity contribution in [3.05, 3.63) is 40.4 Å². The molecule has 0 spiro atoms. The normalized spacial score (nSPS) is 10.9. The largest absolute Gasteiger partial charge is 0.497 e. The Morgan fingerprint density at radius 2 is 2.05 bits per heavy atom. The maximum atomic E-state index is 6.24. The van der Waals surface area contributed by atoms with Gasteiger partial charge in [0, 0.05) is 11.5 Å². The average Bonchev–Trinajstić information content (AvgIpc) is 2.84. The van der Waals surface area contributed by atoms with E-state index < -0.39 is 0 Å². The molecule has 96 valence electrons. The molecule has 19 heavy (non-hydrogen) atoms. The van der Waals surface area contributed by atoms with Crippen LogP contribution in [-0.2, 0) is 0 Å². The number of benzene rings is 1. The summed E-state index contributed by atoms with van der Waals surface area (Å²) in [5, 5.41) is 3.33. The number of methoxy groups -OCH3 is 1. The lowest BCUT2D eigenvalue weighted by atomic mass is 10.2. The second kappa shape index (κ2) is 4.79. The van der Waals surface area contributed by atoms with E-state index in [-0.39, 0.29) is 0 Å². The highest BCUT2D eigenvalue weighted by atomic mass is 35.5. The van der Waals surface area contributed by atoms with Gasteiger partial charge in [-0.3, -0.25) is 0 Å². The fraction of sp³-hybridized carbons (Fsp3) is 0.143. The lowest BCUT2D eigenvalue weighted by Gasteiger charge is -2.06. The molecule has 0 bridgehead atoms. The van der Waals surface area contributed by atoms with Gasteiger partial charge in [0.05, 0.1) is 17.5 Å². The number of hydrogen-bond donors (Lipinski definition) is 0. The minimum Gasteiger partial charge on any atom is -0.497 e. The smallest absolute Gasteiger partial charge is 0.171 e. The van der Waals surface area contributed by atoms with Crippen LogP contribution in [0.5, 0.6) is 5.75 Å². The van der Waals surface area contributed by atoms with E-state index in [4.69, 9.17) is 16.3 Å². The molecule has 0 amide bonds. The summed E-state index contributed by atoms with van der Waals surface area (Å²) in [4.78, 5) is 10.0. The van der Waals surface area contributed by atoms with Gasteiger partial charge in [-0.25, -0.2) is 9.97 Å². The van der Waals surface area contributed by atoms with Crippen LogP contribution in [0.2, 0.25) is 5.15 Å². The van der Waals surface area contributed by atoms with Crippen molar-refractivity contribution in [3.8, 4) is 16.5 Å². The van der Waals surface area contributed by atoms with E-state index in [9.17, 15) is 0 Å². The lowest BCUT2D eigenvalue weighted by molar-refractivity contribution is 0.415. The molecule has 0 unspecified atom stereocenters. The van der Waals surface area contributed by atoms with Gasteiger partial charge in [-0.05, 0) is 36.1 Å². The molecule has 2 heterocycles. The number of aromatic nitrogens is 2. The number of aryl methyl sites for hydroxylation is 1. The first-order valence-corrected chi connectivity index (χ1v) is 7.00. The molecule has 2 aromatic heterocycles. The van der Waals surface area contributed by atoms with Crippen LogP contribution in [0.4, 0.5) is 0 Å². The van der Waals surface area contributed by atoms with Crippen molar-refractivity contribution in [1.82, 2.24) is 9.97 Å². The monoisotopic (exact) mass is 290 g/mol. The number of halogens is 1. The van der Waals surface area contributed by atoms with Crippen molar-refractivity contribution < 1.29 is 4.74 Å². The molecule has 0 aliphatic carbocycles. The van der Waals surface area contributed by atoms with Gasteiger partial charge >= 0.3 is 0 Å². The van der Waals surface area contributed by atoms with Gasteiger partial charge in [0.1, 0.15) is 10.9 Å². The van der Waals surface area contributed by atoms with Gasteiger partial charge < -0.3 is 4.74 Å². The molecule has 0 atom stereocenters. The molecule has 1 aromatic carbocycles. The number of fused-ring (bicyclic) bond motifs is 1. The number of nitrogens with zero attached hydrogens (tertiary/aromatic N) is 2. The molecule has 0 fully saturated rings. The zero-order valence-corrected chi connectivity index (χ0v) is 12.0. The highest BCUT2D eigenvalue weighted by Gasteiger charge is 2.11. The first kappa shape index (κ1) is 12.4. The van der Waals surface area contributed by atoms with E-state index in [0.29, 0.717) is 11.0 Å². The van der Waals surface area contributed by atoms with Gasteiger partial charge in [0.15, 0.2) is 5.82 Å². The van der Waals surface area contributed by atoms with Gasteiger partial charge in [0.25, 0.3) is 0 Å². The quantitative estimate of drug-likeness (QED) is 0.659. The third-order valence-electron chi connectivity index (χ3n) is 2.92. The van der Waals surface area contributed by atoms with Crippen molar-refractivity contribution in [2.24, 2.45) is 0 Å². The predicted molar refractivity (Wildman–Crippen MR) is 79.2 cm³/mol. The van der Waals surface area contributed by atoms with Crippen LogP contribution < -0.4 is 4.74 Å². The summed E-state index contributed by atoms with van der Waals surface area (Å²) in [6.07, 6.45) is 0. The van der Waals surface area contributed by atoms with E-state index in [1.807, 2.05) is 36.6 Å². The molecular formula is C14H11ClN2OS. The number of hydrogen-bond acceptors (Lipinski definition) is 4. The van der Waals surface area contributed by atoms with E-state index in [2.05, 4.69) is 9.97 Å². The summed E-state index contributed by atoms with van der Waals surface area (Å²) in [5.41, 5.74) is 1.95. The Balaban J connectivity index is 2.25. The Hall–Kier alpha value is -1.65. The second-order valence-corrected chi connectivity index (χ2v) is 5.43. The second-order valence-electron chi connectivity index (χ2n) is 4.15. The highest BCUT2D eigenvalue weighted by Crippen LogP contribution is 2.31. The SMILES string of the molecule is COc1ccc2c(Cl)nc(-c3sccc3C)nc2c1. The van der Waals surface area contributed by atoms with E-state index >= 15 is 0 Å². The van der Waals surface area contributed by atoms with Crippen LogP contribution in [0.15, 0.2) is 29.6 Å². The summed E-state index contributed by atoms with van der Waals surface area (Å²) in [6.45, 7) is 2.04. The van der Waals surface area contributed by atoms with Crippen LogP contribution >= 0.6 is 22.9 Å². The number of ether oxygens (including phenoxy) is 1. The van der Waals surface area contributed by atoms with Crippen molar-refractivity contribution in [2.75, 3.05) is 7.11 Å². The van der Waals surface area contributed by atoms with Gasteiger partial charge in [0.2, 0.25) is 0 Å².